The Morgan fingerprint density at radius 3 is 3.07 bits per heavy atom. The van der Waals surface area contributed by atoms with Crippen LogP contribution in [0.25, 0.3) is 0 Å². The number of nitriles is 1. The Hall–Kier alpha value is -1.38. The minimum absolute atomic E-state index is 0.322. The van der Waals surface area contributed by atoms with E-state index in [4.69, 9.17) is 10.00 Å². The SMILES string of the molecule is COCCNC(C#N)c1cncn1C. The lowest BCUT2D eigenvalue weighted by Gasteiger charge is -2.11. The number of nitrogens with one attached hydrogen (secondary N) is 1. The molecule has 0 saturated heterocycles. The van der Waals surface area contributed by atoms with Crippen LogP contribution in [0.1, 0.15) is 11.7 Å². The van der Waals surface area contributed by atoms with Gasteiger partial charge in [-0.15, -0.1) is 0 Å². The molecule has 0 fully saturated rings. The van der Waals surface area contributed by atoms with Crippen molar-refractivity contribution in [1.82, 2.24) is 14.9 Å². The summed E-state index contributed by atoms with van der Waals surface area (Å²) in [5.74, 6) is 0. The molecule has 14 heavy (non-hydrogen) atoms. The maximum absolute atomic E-state index is 8.93. The van der Waals surface area contributed by atoms with Crippen LogP contribution in [0.15, 0.2) is 12.5 Å². The summed E-state index contributed by atoms with van der Waals surface area (Å²) < 4.78 is 6.72. The highest BCUT2D eigenvalue weighted by Crippen LogP contribution is 2.09. The van der Waals surface area contributed by atoms with Crippen molar-refractivity contribution in [2.75, 3.05) is 20.3 Å². The van der Waals surface area contributed by atoms with Crippen LogP contribution < -0.4 is 5.32 Å². The van der Waals surface area contributed by atoms with Gasteiger partial charge in [-0.3, -0.25) is 5.32 Å². The molecule has 0 radical (unpaired) electrons. The van der Waals surface area contributed by atoms with Crippen LogP contribution in [0.4, 0.5) is 0 Å². The summed E-state index contributed by atoms with van der Waals surface area (Å²) in [6, 6.07) is 1.86. The summed E-state index contributed by atoms with van der Waals surface area (Å²) >= 11 is 0. The van der Waals surface area contributed by atoms with E-state index in [0.29, 0.717) is 13.2 Å². The van der Waals surface area contributed by atoms with E-state index in [1.165, 1.54) is 0 Å². The summed E-state index contributed by atoms with van der Waals surface area (Å²) in [5.41, 5.74) is 0.864. The molecule has 0 aromatic carbocycles. The van der Waals surface area contributed by atoms with Crippen molar-refractivity contribution in [3.05, 3.63) is 18.2 Å². The number of hydrogen-bond acceptors (Lipinski definition) is 4. The number of hydrogen-bond donors (Lipinski definition) is 1. The summed E-state index contributed by atoms with van der Waals surface area (Å²) in [7, 11) is 3.50. The second-order valence-corrected chi connectivity index (χ2v) is 2.94. The zero-order valence-corrected chi connectivity index (χ0v) is 8.40. The van der Waals surface area contributed by atoms with E-state index in [9.17, 15) is 0 Å². The fourth-order valence-corrected chi connectivity index (χ4v) is 1.17. The first kappa shape index (κ1) is 10.7. The first-order chi connectivity index (χ1) is 6.79. The van der Waals surface area contributed by atoms with Gasteiger partial charge in [0.1, 0.15) is 6.04 Å². The Kier molecular flexibility index (Phi) is 4.11. The summed E-state index contributed by atoms with van der Waals surface area (Å²) in [6.07, 6.45) is 3.37. The number of aromatic nitrogens is 2. The molecule has 5 nitrogen and oxygen atoms in total. The van der Waals surface area contributed by atoms with Gasteiger partial charge in [-0.25, -0.2) is 4.98 Å². The van der Waals surface area contributed by atoms with Gasteiger partial charge in [-0.05, 0) is 0 Å². The summed E-state index contributed by atoms with van der Waals surface area (Å²) in [4.78, 5) is 3.96. The van der Waals surface area contributed by atoms with E-state index in [2.05, 4.69) is 16.4 Å². The van der Waals surface area contributed by atoms with E-state index < -0.39 is 0 Å². The molecular weight excluding hydrogens is 180 g/mol. The lowest BCUT2D eigenvalue weighted by atomic mass is 10.2. The van der Waals surface area contributed by atoms with Crippen LogP contribution in [0.2, 0.25) is 0 Å². The molecule has 1 heterocycles. The van der Waals surface area contributed by atoms with E-state index in [0.717, 1.165) is 5.69 Å². The van der Waals surface area contributed by atoms with Gasteiger partial charge in [0.2, 0.25) is 0 Å². The number of ether oxygens (including phenoxy) is 1. The van der Waals surface area contributed by atoms with Crippen LogP contribution in [-0.2, 0) is 11.8 Å². The molecule has 1 aromatic heterocycles. The number of rotatable bonds is 5. The fourth-order valence-electron chi connectivity index (χ4n) is 1.17. The molecule has 1 aromatic rings. The summed E-state index contributed by atoms with van der Waals surface area (Å²) in [6.45, 7) is 1.25. The third-order valence-electron chi connectivity index (χ3n) is 1.93. The number of methoxy groups -OCH3 is 1. The molecule has 0 spiro atoms. The highest BCUT2D eigenvalue weighted by Gasteiger charge is 2.12. The van der Waals surface area contributed by atoms with Gasteiger partial charge in [-0.1, -0.05) is 0 Å². The van der Waals surface area contributed by atoms with Gasteiger partial charge >= 0.3 is 0 Å². The van der Waals surface area contributed by atoms with Crippen molar-refractivity contribution < 1.29 is 4.74 Å². The number of aryl methyl sites for hydroxylation is 1. The van der Waals surface area contributed by atoms with Crippen molar-refractivity contribution >= 4 is 0 Å². The predicted molar refractivity (Wildman–Crippen MR) is 51.4 cm³/mol. The van der Waals surface area contributed by atoms with Crippen molar-refractivity contribution in [2.24, 2.45) is 7.05 Å². The first-order valence-corrected chi connectivity index (χ1v) is 4.37. The minimum atomic E-state index is -0.322. The molecule has 1 rings (SSSR count). The zero-order chi connectivity index (χ0) is 10.4. The largest absolute Gasteiger partial charge is 0.383 e. The third kappa shape index (κ3) is 2.55. The normalized spacial score (nSPS) is 12.4. The number of nitrogens with zero attached hydrogens (tertiary/aromatic N) is 3. The van der Waals surface area contributed by atoms with Crippen LogP contribution in [0.5, 0.6) is 0 Å². The third-order valence-corrected chi connectivity index (χ3v) is 1.93. The van der Waals surface area contributed by atoms with E-state index in [1.54, 1.807) is 19.6 Å². The van der Waals surface area contributed by atoms with Crippen molar-refractivity contribution in [2.45, 2.75) is 6.04 Å². The average molecular weight is 194 g/mol. The van der Waals surface area contributed by atoms with Gasteiger partial charge in [0.15, 0.2) is 0 Å². The Morgan fingerprint density at radius 2 is 2.57 bits per heavy atom. The molecule has 5 heteroatoms. The Labute approximate surface area is 83.3 Å². The van der Waals surface area contributed by atoms with Gasteiger partial charge < -0.3 is 9.30 Å². The molecule has 1 N–H and O–H groups in total. The lowest BCUT2D eigenvalue weighted by Crippen LogP contribution is -2.25. The number of imidazole rings is 1. The van der Waals surface area contributed by atoms with Crippen LogP contribution in [0.3, 0.4) is 0 Å². The predicted octanol–water partition coefficient (Wildman–Crippen LogP) is 0.221. The van der Waals surface area contributed by atoms with Gasteiger partial charge in [0, 0.05) is 20.7 Å². The molecule has 0 saturated carbocycles. The Balaban J connectivity index is 2.56. The minimum Gasteiger partial charge on any atom is -0.383 e. The topological polar surface area (TPSA) is 62.9 Å². The fraction of sp³-hybridized carbons (Fsp3) is 0.556. The molecule has 76 valence electrons. The summed E-state index contributed by atoms with van der Waals surface area (Å²) in [5, 5.41) is 12.0. The molecule has 1 unspecified atom stereocenters. The Morgan fingerprint density at radius 1 is 1.79 bits per heavy atom. The van der Waals surface area contributed by atoms with Crippen LogP contribution in [-0.4, -0.2) is 29.8 Å². The smallest absolute Gasteiger partial charge is 0.138 e. The van der Waals surface area contributed by atoms with E-state index in [1.807, 2.05) is 11.6 Å². The van der Waals surface area contributed by atoms with Crippen molar-refractivity contribution in [3.63, 3.8) is 0 Å². The van der Waals surface area contributed by atoms with E-state index in [-0.39, 0.29) is 6.04 Å². The van der Waals surface area contributed by atoms with Crippen molar-refractivity contribution in [1.29, 1.82) is 5.26 Å². The standard InChI is InChI=1S/C9H14N4O/c1-13-7-11-6-9(13)8(5-10)12-3-4-14-2/h6-8,12H,3-4H2,1-2H3. The first-order valence-electron chi connectivity index (χ1n) is 4.37. The molecule has 0 amide bonds. The quantitative estimate of drug-likeness (QED) is 0.681. The zero-order valence-electron chi connectivity index (χ0n) is 8.40. The molecule has 0 aliphatic rings. The second kappa shape index (κ2) is 5.37. The van der Waals surface area contributed by atoms with Crippen LogP contribution in [0, 0.1) is 11.3 Å². The lowest BCUT2D eigenvalue weighted by molar-refractivity contribution is 0.197. The molecule has 0 aliphatic carbocycles. The monoisotopic (exact) mass is 194 g/mol. The second-order valence-electron chi connectivity index (χ2n) is 2.94. The van der Waals surface area contributed by atoms with Gasteiger partial charge in [0.25, 0.3) is 0 Å². The highest BCUT2D eigenvalue weighted by atomic mass is 16.5. The molecular formula is C9H14N4O. The average Bonchev–Trinajstić information content (AvgIpc) is 2.60. The Bertz CT molecular complexity index is 315. The van der Waals surface area contributed by atoms with Gasteiger partial charge in [-0.2, -0.15) is 5.26 Å². The molecule has 0 aliphatic heterocycles. The van der Waals surface area contributed by atoms with Gasteiger partial charge in [0.05, 0.1) is 30.9 Å². The van der Waals surface area contributed by atoms with Crippen LogP contribution >= 0.6 is 0 Å². The maximum atomic E-state index is 8.93. The highest BCUT2D eigenvalue weighted by molar-refractivity contribution is 5.13. The molecule has 1 atom stereocenters. The van der Waals surface area contributed by atoms with E-state index >= 15 is 0 Å². The maximum Gasteiger partial charge on any atom is 0.138 e. The van der Waals surface area contributed by atoms with Crippen molar-refractivity contribution in [3.8, 4) is 6.07 Å². The molecule has 0 bridgehead atoms.